The molecule has 0 unspecified atom stereocenters. The summed E-state index contributed by atoms with van der Waals surface area (Å²) >= 11 is 3.31. The third-order valence-corrected chi connectivity index (χ3v) is 17.0. The number of hydrogen-bond donors (Lipinski definition) is 3. The number of aromatic nitrogens is 6. The quantitative estimate of drug-likeness (QED) is 0.192. The van der Waals surface area contributed by atoms with Gasteiger partial charge in [-0.15, -0.1) is 22.7 Å². The van der Waals surface area contributed by atoms with Crippen LogP contribution in [0.5, 0.6) is 5.88 Å². The summed E-state index contributed by atoms with van der Waals surface area (Å²) in [7, 11) is 1.62. The first-order chi connectivity index (χ1) is 32.8. The van der Waals surface area contributed by atoms with Crippen molar-refractivity contribution in [2.75, 3.05) is 44.0 Å². The second-order valence-corrected chi connectivity index (χ2v) is 20.7. The molecule has 2 aliphatic carbocycles. The number of hydrogen-bond acceptors (Lipinski definition) is 17. The lowest BCUT2D eigenvalue weighted by Gasteiger charge is -2.32. The number of H-pyrrole nitrogens is 1. The summed E-state index contributed by atoms with van der Waals surface area (Å²) in [6.45, 7) is 3.93. The number of nitrogens with one attached hydrogen (secondary N) is 3. The number of carbonyl (C=O) groups excluding carboxylic acids is 2. The van der Waals surface area contributed by atoms with E-state index in [1.54, 1.807) is 42.3 Å². The van der Waals surface area contributed by atoms with Gasteiger partial charge in [0.2, 0.25) is 17.7 Å². The van der Waals surface area contributed by atoms with Crippen molar-refractivity contribution in [3.8, 4) is 5.88 Å². The fraction of sp³-hybridized carbons (Fsp3) is 0.447. The monoisotopic (exact) mass is 938 g/mol. The van der Waals surface area contributed by atoms with Gasteiger partial charge in [0.15, 0.2) is 0 Å². The van der Waals surface area contributed by atoms with Gasteiger partial charge in [0, 0.05) is 63.9 Å². The number of aliphatic imine (C=N–C) groups is 2. The normalized spacial score (nSPS) is 24.7. The van der Waals surface area contributed by atoms with Gasteiger partial charge in [0.05, 0.1) is 74.2 Å². The Morgan fingerprint density at radius 2 is 1.33 bits per heavy atom. The molecule has 0 spiro atoms. The van der Waals surface area contributed by atoms with Crippen LogP contribution < -0.4 is 20.9 Å². The molecular weight excluding hydrogens is 893 g/mol. The van der Waals surface area contributed by atoms with Gasteiger partial charge in [0.25, 0.3) is 5.56 Å². The number of fused-ring (bicyclic) bond motifs is 12. The van der Waals surface area contributed by atoms with Gasteiger partial charge in [-0.2, -0.15) is 0 Å². The first-order valence-electron chi connectivity index (χ1n) is 23.0. The second-order valence-electron chi connectivity index (χ2n) is 18.6. The van der Waals surface area contributed by atoms with Crippen LogP contribution in [0.1, 0.15) is 69.1 Å². The number of carbonyl (C=O) groups is 2. The summed E-state index contributed by atoms with van der Waals surface area (Å²) in [5.41, 5.74) is 7.11. The highest BCUT2D eigenvalue weighted by Crippen LogP contribution is 2.44. The molecule has 12 heterocycles. The van der Waals surface area contributed by atoms with Crippen LogP contribution in [0.4, 0.5) is 23.0 Å². The first kappa shape index (κ1) is 41.0. The Bertz CT molecular complexity index is 3170. The van der Waals surface area contributed by atoms with E-state index in [1.165, 1.54) is 27.2 Å². The Labute approximate surface area is 391 Å². The molecular formula is C47H46N12O6S2. The molecule has 6 atom stereocenters. The van der Waals surface area contributed by atoms with E-state index in [9.17, 15) is 14.4 Å². The molecule has 0 radical (unpaired) electrons. The Kier molecular flexibility index (Phi) is 9.94. The average Bonchev–Trinajstić information content (AvgIpc) is 4.22. The van der Waals surface area contributed by atoms with Crippen LogP contribution in [0, 0.1) is 11.8 Å². The van der Waals surface area contributed by atoms with Gasteiger partial charge in [-0.3, -0.25) is 24.4 Å². The van der Waals surface area contributed by atoms with E-state index < -0.39 is 0 Å². The van der Waals surface area contributed by atoms with E-state index in [0.717, 1.165) is 119 Å². The smallest absolute Gasteiger partial charge is 0.271 e. The maximum atomic E-state index is 13.3. The van der Waals surface area contributed by atoms with Crippen LogP contribution in [-0.4, -0.2) is 122 Å². The highest BCUT2D eigenvalue weighted by atomic mass is 32.1. The number of rotatable bonds is 7. The summed E-state index contributed by atoms with van der Waals surface area (Å²) in [5, 5.41) is 8.69. The van der Waals surface area contributed by atoms with Crippen LogP contribution in [0.25, 0.3) is 20.4 Å². The van der Waals surface area contributed by atoms with Gasteiger partial charge in [-0.1, -0.05) is 0 Å². The van der Waals surface area contributed by atoms with Gasteiger partial charge in [-0.25, -0.2) is 24.9 Å². The Morgan fingerprint density at radius 1 is 0.761 bits per heavy atom. The summed E-state index contributed by atoms with van der Waals surface area (Å²) in [4.78, 5) is 81.6. The van der Waals surface area contributed by atoms with E-state index in [2.05, 4.69) is 55.4 Å². The number of nitrogens with zero attached hydrogens (tertiary/aromatic N) is 9. The van der Waals surface area contributed by atoms with Crippen molar-refractivity contribution in [1.82, 2.24) is 39.7 Å². The van der Waals surface area contributed by atoms with Crippen LogP contribution >= 0.6 is 22.7 Å². The van der Waals surface area contributed by atoms with E-state index >= 15 is 0 Å². The van der Waals surface area contributed by atoms with E-state index in [4.69, 9.17) is 14.2 Å². The molecule has 342 valence electrons. The number of amides is 2. The zero-order chi connectivity index (χ0) is 44.9. The summed E-state index contributed by atoms with van der Waals surface area (Å²) in [6, 6.07) is 4.35. The van der Waals surface area contributed by atoms with Gasteiger partial charge < -0.3 is 39.6 Å². The maximum absolute atomic E-state index is 13.3. The Morgan fingerprint density at radius 3 is 1.90 bits per heavy atom. The molecule has 3 N–H and O–H groups in total. The van der Waals surface area contributed by atoms with Crippen molar-refractivity contribution in [3.05, 3.63) is 78.5 Å². The van der Waals surface area contributed by atoms with Crippen LogP contribution in [0.2, 0.25) is 0 Å². The number of thiophene rings is 2. The second kappa shape index (κ2) is 16.2. The number of aryl methyl sites for hydroxylation is 2. The standard InChI is InChI=1S/C24H24N6O3S.C23H22N6O3S/c1-32-22-17(4-13-7-25-8-18(13)29-22)28-21-20-16-3-2-12(5-19(16)34-23(20)27-11-26-21)24(31)30-9-15-6-14(30)10-33-15;30-21-16(3-12-6-24-7-17(12)28-21)27-20-19-15-2-1-11(4-18(15)33-22(19)26-10-25-20)23(31)29-8-14-5-13(29)9-32-14/h4,7,11-12,14-15H,2-3,5-6,8-10H2,1H3,(H,26,27,28);3,6,10-11,13-14H,1-2,4-5,7-9H2,(H,28,30)(H,25,26,27)/t12-,14-,15-;11-,13-,14-/m00/s1. The topological polar surface area (TPSA) is 214 Å². The average molecular weight is 939 g/mol. The lowest BCUT2D eigenvalue weighted by atomic mass is 9.86. The van der Waals surface area contributed by atoms with Crippen molar-refractivity contribution < 1.29 is 23.8 Å². The largest absolute Gasteiger partial charge is 0.480 e. The number of aromatic amines is 1. The number of likely N-dealkylation sites (tertiary alicyclic amines) is 2. The molecule has 14 rings (SSSR count). The molecule has 6 aliphatic heterocycles. The van der Waals surface area contributed by atoms with Crippen molar-refractivity contribution in [1.29, 1.82) is 0 Å². The lowest BCUT2D eigenvalue weighted by Crippen LogP contribution is -2.45. The van der Waals surface area contributed by atoms with Gasteiger partial charge >= 0.3 is 0 Å². The molecule has 4 bridgehead atoms. The third-order valence-electron chi connectivity index (χ3n) is 14.7. The number of methoxy groups -OCH3 is 1. The minimum atomic E-state index is -0.190. The highest BCUT2D eigenvalue weighted by Gasteiger charge is 2.45. The molecule has 18 nitrogen and oxygen atoms in total. The van der Waals surface area contributed by atoms with Crippen LogP contribution in [0.3, 0.4) is 0 Å². The Balaban J connectivity index is 0.000000133. The molecule has 8 aliphatic rings. The number of morpholine rings is 2. The van der Waals surface area contributed by atoms with Crippen molar-refractivity contribution >= 4 is 90.4 Å². The fourth-order valence-corrected chi connectivity index (χ4v) is 13.8. The molecule has 4 saturated heterocycles. The van der Waals surface area contributed by atoms with Crippen molar-refractivity contribution in [2.45, 2.75) is 88.7 Å². The summed E-state index contributed by atoms with van der Waals surface area (Å²) in [6.07, 6.45) is 14.0. The van der Waals surface area contributed by atoms with Gasteiger partial charge in [0.1, 0.15) is 45.3 Å². The molecule has 0 aromatic carbocycles. The molecule has 67 heavy (non-hydrogen) atoms. The van der Waals surface area contributed by atoms with E-state index in [1.807, 2.05) is 23.2 Å². The van der Waals surface area contributed by atoms with Crippen molar-refractivity contribution in [3.63, 3.8) is 0 Å². The maximum Gasteiger partial charge on any atom is 0.271 e. The van der Waals surface area contributed by atoms with E-state index in [-0.39, 0.29) is 47.6 Å². The predicted octanol–water partition coefficient (Wildman–Crippen LogP) is 5.04. The molecule has 2 amide bonds. The zero-order valence-electron chi connectivity index (χ0n) is 36.6. The minimum Gasteiger partial charge on any atom is -0.480 e. The first-order valence-corrected chi connectivity index (χ1v) is 24.7. The van der Waals surface area contributed by atoms with Crippen LogP contribution in [-0.2, 0) is 57.8 Å². The summed E-state index contributed by atoms with van der Waals surface area (Å²) in [5.74, 6) is 2.50. The van der Waals surface area contributed by atoms with Crippen molar-refractivity contribution in [2.24, 2.45) is 21.8 Å². The molecule has 6 aromatic rings. The highest BCUT2D eigenvalue weighted by molar-refractivity contribution is 7.19. The molecule has 6 aromatic heterocycles. The summed E-state index contributed by atoms with van der Waals surface area (Å²) < 4.78 is 16.9. The molecule has 0 saturated carbocycles. The lowest BCUT2D eigenvalue weighted by molar-refractivity contribution is -0.141. The molecule has 4 fully saturated rings. The zero-order valence-corrected chi connectivity index (χ0v) is 38.3. The molecule has 20 heteroatoms. The van der Waals surface area contributed by atoms with Crippen LogP contribution in [0.15, 0.2) is 39.6 Å². The SMILES string of the molecule is COc1nc2c(cc1Nc1ncnc3sc4c(c13)CC[C@H](C(=O)N1C[C@@H]3C[C@H]1CO3)C4)C=NC2.O=C([C@H]1CCc2c(sc3ncnc(Nc4cc5c([nH]c4=O)CN=C5)c23)C1)N1C[C@@H]2C[C@H]1CO2. The van der Waals surface area contributed by atoms with Gasteiger partial charge in [-0.05, 0) is 74.6 Å². The number of ether oxygens (including phenoxy) is 3. The predicted molar refractivity (Wildman–Crippen MR) is 253 cm³/mol. The minimum absolute atomic E-state index is 0.00752. The third kappa shape index (κ3) is 7.09. The number of anilines is 4. The number of pyridine rings is 2. The Hall–Kier alpha value is -6.22. The fourth-order valence-electron chi connectivity index (χ4n) is 11.3. The van der Waals surface area contributed by atoms with E-state index in [0.29, 0.717) is 49.6 Å².